The monoisotopic (exact) mass is 389 g/mol. The zero-order valence-electron chi connectivity index (χ0n) is 13.1. The Morgan fingerprint density at radius 3 is 2.83 bits per heavy atom. The lowest BCUT2D eigenvalue weighted by atomic mass is 10.2. The first-order valence-electron chi connectivity index (χ1n) is 7.47. The van der Waals surface area contributed by atoms with E-state index in [1.54, 1.807) is 30.3 Å². The summed E-state index contributed by atoms with van der Waals surface area (Å²) in [6.07, 6.45) is 2.25. The van der Waals surface area contributed by atoms with E-state index >= 15 is 0 Å². The SMILES string of the molecule is CN(Cc1ccccc1Br)C(=O)CCc1nc(-c2ccco2)no1. The van der Waals surface area contributed by atoms with Crippen LogP contribution in [0.15, 0.2) is 56.1 Å². The van der Waals surface area contributed by atoms with E-state index in [4.69, 9.17) is 8.94 Å². The number of aryl methyl sites for hydroxylation is 1. The quantitative estimate of drug-likeness (QED) is 0.642. The lowest BCUT2D eigenvalue weighted by molar-refractivity contribution is -0.130. The van der Waals surface area contributed by atoms with Crippen molar-refractivity contribution in [3.63, 3.8) is 0 Å². The van der Waals surface area contributed by atoms with Crippen LogP contribution in [-0.4, -0.2) is 28.0 Å². The number of aromatic nitrogens is 2. The van der Waals surface area contributed by atoms with Gasteiger partial charge in [0.2, 0.25) is 17.6 Å². The highest BCUT2D eigenvalue weighted by Gasteiger charge is 2.15. The Hall–Kier alpha value is -2.41. The Kier molecular flexibility index (Phi) is 5.10. The average molecular weight is 390 g/mol. The minimum atomic E-state index is 0.0171. The molecule has 1 amide bonds. The molecule has 1 aromatic carbocycles. The number of benzene rings is 1. The standard InChI is InChI=1S/C17H16BrN3O3/c1-21(11-12-5-2-3-6-13(12)18)16(22)9-8-15-19-17(20-24-15)14-7-4-10-23-14/h2-7,10H,8-9,11H2,1H3. The van der Waals surface area contributed by atoms with E-state index in [9.17, 15) is 4.79 Å². The molecular weight excluding hydrogens is 374 g/mol. The van der Waals surface area contributed by atoms with Crippen LogP contribution in [0.2, 0.25) is 0 Å². The summed E-state index contributed by atoms with van der Waals surface area (Å²) in [6, 6.07) is 11.4. The molecule has 124 valence electrons. The molecule has 0 saturated heterocycles. The first kappa shape index (κ1) is 16.4. The van der Waals surface area contributed by atoms with Gasteiger partial charge in [-0.3, -0.25) is 4.79 Å². The molecule has 3 rings (SSSR count). The van der Waals surface area contributed by atoms with Crippen LogP contribution in [-0.2, 0) is 17.8 Å². The van der Waals surface area contributed by atoms with Crippen LogP contribution in [0.5, 0.6) is 0 Å². The number of nitrogens with zero attached hydrogens (tertiary/aromatic N) is 3. The van der Waals surface area contributed by atoms with Gasteiger partial charge < -0.3 is 13.8 Å². The summed E-state index contributed by atoms with van der Waals surface area (Å²) in [5.74, 6) is 1.37. The first-order chi connectivity index (χ1) is 11.6. The summed E-state index contributed by atoms with van der Waals surface area (Å²) in [7, 11) is 1.78. The molecule has 2 heterocycles. The summed E-state index contributed by atoms with van der Waals surface area (Å²) < 4.78 is 11.4. The van der Waals surface area contributed by atoms with Gasteiger partial charge in [-0.1, -0.05) is 39.3 Å². The molecule has 0 radical (unpaired) electrons. The van der Waals surface area contributed by atoms with Crippen molar-refractivity contribution < 1.29 is 13.7 Å². The second kappa shape index (κ2) is 7.44. The zero-order chi connectivity index (χ0) is 16.9. The fourth-order valence-electron chi connectivity index (χ4n) is 2.24. The number of carbonyl (C=O) groups excluding carboxylic acids is 1. The summed E-state index contributed by atoms with van der Waals surface area (Å²) in [5, 5.41) is 3.85. The van der Waals surface area contributed by atoms with Crippen LogP contribution in [0.4, 0.5) is 0 Å². The molecule has 0 aliphatic rings. The highest BCUT2D eigenvalue weighted by atomic mass is 79.9. The molecule has 2 aromatic heterocycles. The third-order valence-electron chi connectivity index (χ3n) is 3.55. The van der Waals surface area contributed by atoms with Crippen molar-refractivity contribution in [3.8, 4) is 11.6 Å². The number of hydrogen-bond acceptors (Lipinski definition) is 5. The molecule has 0 N–H and O–H groups in total. The molecule has 0 unspecified atom stereocenters. The Balaban J connectivity index is 1.54. The van der Waals surface area contributed by atoms with Crippen LogP contribution >= 0.6 is 15.9 Å². The fourth-order valence-corrected chi connectivity index (χ4v) is 2.65. The molecule has 7 heteroatoms. The minimum Gasteiger partial charge on any atom is -0.461 e. The molecule has 0 aliphatic carbocycles. The second-order valence-corrected chi connectivity index (χ2v) is 6.18. The van der Waals surface area contributed by atoms with E-state index in [0.29, 0.717) is 36.9 Å². The number of furan rings is 1. The number of amides is 1. The highest BCUT2D eigenvalue weighted by molar-refractivity contribution is 9.10. The average Bonchev–Trinajstić information content (AvgIpc) is 3.25. The largest absolute Gasteiger partial charge is 0.461 e. The van der Waals surface area contributed by atoms with Gasteiger partial charge in [0.1, 0.15) is 0 Å². The van der Waals surface area contributed by atoms with Crippen molar-refractivity contribution in [1.29, 1.82) is 0 Å². The van der Waals surface area contributed by atoms with Gasteiger partial charge in [0.25, 0.3) is 0 Å². The Labute approximate surface area is 147 Å². The summed E-state index contributed by atoms with van der Waals surface area (Å²) in [6.45, 7) is 0.543. The predicted octanol–water partition coefficient (Wildman–Crippen LogP) is 3.68. The smallest absolute Gasteiger partial charge is 0.238 e. The predicted molar refractivity (Wildman–Crippen MR) is 90.9 cm³/mol. The Morgan fingerprint density at radius 1 is 1.25 bits per heavy atom. The van der Waals surface area contributed by atoms with Crippen molar-refractivity contribution in [2.24, 2.45) is 0 Å². The third-order valence-corrected chi connectivity index (χ3v) is 4.33. The summed E-state index contributed by atoms with van der Waals surface area (Å²) in [4.78, 5) is 18.2. The lowest BCUT2D eigenvalue weighted by Crippen LogP contribution is -2.26. The molecule has 0 spiro atoms. The van der Waals surface area contributed by atoms with Crippen molar-refractivity contribution in [3.05, 3.63) is 58.6 Å². The van der Waals surface area contributed by atoms with Gasteiger partial charge >= 0.3 is 0 Å². The molecule has 0 aliphatic heterocycles. The third kappa shape index (κ3) is 3.91. The topological polar surface area (TPSA) is 72.4 Å². The Bertz CT molecular complexity index is 814. The Morgan fingerprint density at radius 2 is 2.08 bits per heavy atom. The van der Waals surface area contributed by atoms with Crippen molar-refractivity contribution >= 4 is 21.8 Å². The van der Waals surface area contributed by atoms with E-state index in [1.807, 2.05) is 24.3 Å². The molecular formula is C17H16BrN3O3. The highest BCUT2D eigenvalue weighted by Crippen LogP contribution is 2.18. The van der Waals surface area contributed by atoms with Gasteiger partial charge in [-0.05, 0) is 23.8 Å². The van der Waals surface area contributed by atoms with E-state index in [2.05, 4.69) is 26.1 Å². The van der Waals surface area contributed by atoms with Crippen LogP contribution in [0.1, 0.15) is 17.9 Å². The van der Waals surface area contributed by atoms with Crippen LogP contribution in [0.3, 0.4) is 0 Å². The van der Waals surface area contributed by atoms with Gasteiger partial charge in [-0.15, -0.1) is 0 Å². The van der Waals surface area contributed by atoms with Gasteiger partial charge in [0.15, 0.2) is 5.76 Å². The molecule has 0 atom stereocenters. The van der Waals surface area contributed by atoms with Crippen molar-refractivity contribution in [2.75, 3.05) is 7.05 Å². The summed E-state index contributed by atoms with van der Waals surface area (Å²) in [5.41, 5.74) is 1.06. The van der Waals surface area contributed by atoms with Crippen LogP contribution in [0.25, 0.3) is 11.6 Å². The van der Waals surface area contributed by atoms with E-state index in [-0.39, 0.29) is 5.91 Å². The van der Waals surface area contributed by atoms with E-state index in [1.165, 1.54) is 0 Å². The van der Waals surface area contributed by atoms with Gasteiger partial charge in [-0.2, -0.15) is 4.98 Å². The molecule has 0 saturated carbocycles. The molecule has 0 fully saturated rings. The van der Waals surface area contributed by atoms with Gasteiger partial charge in [0.05, 0.1) is 6.26 Å². The fraction of sp³-hybridized carbons (Fsp3) is 0.235. The minimum absolute atomic E-state index is 0.0171. The van der Waals surface area contributed by atoms with E-state index in [0.717, 1.165) is 10.0 Å². The van der Waals surface area contributed by atoms with Gasteiger partial charge in [0, 0.05) is 30.9 Å². The number of rotatable bonds is 6. The summed E-state index contributed by atoms with van der Waals surface area (Å²) >= 11 is 3.49. The maximum atomic E-state index is 12.3. The molecule has 24 heavy (non-hydrogen) atoms. The number of carbonyl (C=O) groups is 1. The number of hydrogen-bond donors (Lipinski definition) is 0. The van der Waals surface area contributed by atoms with Crippen LogP contribution in [0, 0.1) is 0 Å². The van der Waals surface area contributed by atoms with Crippen molar-refractivity contribution in [1.82, 2.24) is 15.0 Å². The van der Waals surface area contributed by atoms with Gasteiger partial charge in [-0.25, -0.2) is 0 Å². The molecule has 0 bridgehead atoms. The maximum Gasteiger partial charge on any atom is 0.238 e. The van der Waals surface area contributed by atoms with Crippen LogP contribution < -0.4 is 0 Å². The molecule has 6 nitrogen and oxygen atoms in total. The zero-order valence-corrected chi connectivity index (χ0v) is 14.7. The van der Waals surface area contributed by atoms with E-state index < -0.39 is 0 Å². The van der Waals surface area contributed by atoms with Crippen molar-refractivity contribution in [2.45, 2.75) is 19.4 Å². The maximum absolute atomic E-state index is 12.3. The molecule has 3 aromatic rings. The second-order valence-electron chi connectivity index (χ2n) is 5.33. The number of halogens is 1. The first-order valence-corrected chi connectivity index (χ1v) is 8.26. The lowest BCUT2D eigenvalue weighted by Gasteiger charge is -2.17. The normalized spacial score (nSPS) is 10.8.